The number of hydrogen-bond donors (Lipinski definition) is 2. The van der Waals surface area contributed by atoms with Crippen molar-refractivity contribution < 1.29 is 17.5 Å². The second-order valence-corrected chi connectivity index (χ2v) is 5.51. The zero-order valence-corrected chi connectivity index (χ0v) is 12.0. The van der Waals surface area contributed by atoms with E-state index in [0.717, 1.165) is 6.07 Å². The summed E-state index contributed by atoms with van der Waals surface area (Å²) < 4.78 is 44.8. The van der Waals surface area contributed by atoms with Crippen LogP contribution in [0.25, 0.3) is 0 Å². The lowest BCUT2D eigenvalue weighted by Crippen LogP contribution is -2.27. The molecule has 0 aliphatic carbocycles. The molecule has 7 heteroatoms. The number of sulfonamides is 1. The van der Waals surface area contributed by atoms with Gasteiger partial charge in [0.15, 0.2) is 0 Å². The molecular weight excluding hydrogens is 283 g/mol. The normalized spacial score (nSPS) is 10.9. The molecule has 0 unspecified atom stereocenters. The van der Waals surface area contributed by atoms with Gasteiger partial charge in [0.1, 0.15) is 5.82 Å². The molecular formula is C13H17FN2O3S. The zero-order chi connectivity index (χ0) is 15.0. The van der Waals surface area contributed by atoms with E-state index < -0.39 is 15.8 Å². The van der Waals surface area contributed by atoms with Gasteiger partial charge in [0.05, 0.1) is 23.6 Å². The molecule has 0 aliphatic rings. The van der Waals surface area contributed by atoms with Gasteiger partial charge in [-0.05, 0) is 25.1 Å². The fourth-order valence-electron chi connectivity index (χ4n) is 1.39. The second-order valence-electron chi connectivity index (χ2n) is 3.74. The molecule has 0 spiro atoms. The van der Waals surface area contributed by atoms with Gasteiger partial charge in [-0.3, -0.25) is 0 Å². The molecule has 20 heavy (non-hydrogen) atoms. The third kappa shape index (κ3) is 4.90. The Hall–Kier alpha value is -1.46. The summed E-state index contributed by atoms with van der Waals surface area (Å²) in [5.41, 5.74) is 5.31. The molecule has 0 fully saturated rings. The van der Waals surface area contributed by atoms with Crippen molar-refractivity contribution in [3.05, 3.63) is 29.6 Å². The highest BCUT2D eigenvalue weighted by molar-refractivity contribution is 7.89. The summed E-state index contributed by atoms with van der Waals surface area (Å²) in [5, 5.41) is 0. The third-order valence-corrected chi connectivity index (χ3v) is 3.78. The van der Waals surface area contributed by atoms with Crippen LogP contribution in [-0.2, 0) is 14.8 Å². The number of rotatable bonds is 6. The van der Waals surface area contributed by atoms with Gasteiger partial charge in [0.2, 0.25) is 10.0 Å². The van der Waals surface area contributed by atoms with E-state index in [9.17, 15) is 12.8 Å². The first-order chi connectivity index (χ1) is 9.51. The van der Waals surface area contributed by atoms with E-state index in [-0.39, 0.29) is 30.2 Å². The maximum Gasteiger partial charge on any atom is 0.240 e. The number of halogens is 1. The molecule has 1 rings (SSSR count). The molecule has 0 atom stereocenters. The second kappa shape index (κ2) is 7.97. The van der Waals surface area contributed by atoms with E-state index in [0.29, 0.717) is 6.61 Å². The molecule has 1 aromatic carbocycles. The van der Waals surface area contributed by atoms with Crippen LogP contribution in [0.1, 0.15) is 12.5 Å². The Morgan fingerprint density at radius 2 is 2.20 bits per heavy atom. The Bertz CT molecular complexity index is 606. The smallest absolute Gasteiger partial charge is 0.240 e. The van der Waals surface area contributed by atoms with Gasteiger partial charge in [-0.2, -0.15) is 0 Å². The Balaban J connectivity index is 2.83. The molecule has 3 N–H and O–H groups in total. The van der Waals surface area contributed by atoms with Crippen molar-refractivity contribution in [3.8, 4) is 11.8 Å². The number of nitrogens with one attached hydrogen (secondary N) is 1. The lowest BCUT2D eigenvalue weighted by molar-refractivity contribution is 0.153. The summed E-state index contributed by atoms with van der Waals surface area (Å²) in [7, 11) is -3.74. The number of benzene rings is 1. The summed E-state index contributed by atoms with van der Waals surface area (Å²) >= 11 is 0. The van der Waals surface area contributed by atoms with E-state index in [1.807, 2.05) is 6.92 Å². The minimum atomic E-state index is -3.74. The average molecular weight is 300 g/mol. The molecule has 0 saturated carbocycles. The van der Waals surface area contributed by atoms with E-state index in [1.54, 1.807) is 0 Å². The van der Waals surface area contributed by atoms with Gasteiger partial charge in [0, 0.05) is 13.2 Å². The van der Waals surface area contributed by atoms with Crippen LogP contribution in [0, 0.1) is 17.7 Å². The molecule has 5 nitrogen and oxygen atoms in total. The third-order valence-electron chi connectivity index (χ3n) is 2.32. The van der Waals surface area contributed by atoms with Gasteiger partial charge in [0.25, 0.3) is 0 Å². The molecule has 0 aliphatic heterocycles. The monoisotopic (exact) mass is 300 g/mol. The summed E-state index contributed by atoms with van der Waals surface area (Å²) in [6, 6.07) is 3.55. The van der Waals surface area contributed by atoms with Crippen LogP contribution in [0.3, 0.4) is 0 Å². The van der Waals surface area contributed by atoms with Crippen LogP contribution in [0.4, 0.5) is 4.39 Å². The number of ether oxygens (including phenoxy) is 1. The Labute approximate surface area is 118 Å². The van der Waals surface area contributed by atoms with Crippen LogP contribution in [0.2, 0.25) is 0 Å². The van der Waals surface area contributed by atoms with E-state index >= 15 is 0 Å². The van der Waals surface area contributed by atoms with Crippen LogP contribution in [-0.4, -0.2) is 34.7 Å². The van der Waals surface area contributed by atoms with Gasteiger partial charge in [-0.1, -0.05) is 11.8 Å². The summed E-state index contributed by atoms with van der Waals surface area (Å²) in [5.74, 6) is 4.34. The van der Waals surface area contributed by atoms with E-state index in [2.05, 4.69) is 16.6 Å². The van der Waals surface area contributed by atoms with Crippen LogP contribution in [0.15, 0.2) is 23.1 Å². The first-order valence-electron chi connectivity index (χ1n) is 6.07. The number of nitrogens with two attached hydrogens (primary N) is 1. The van der Waals surface area contributed by atoms with Crippen molar-refractivity contribution in [3.63, 3.8) is 0 Å². The van der Waals surface area contributed by atoms with Crippen molar-refractivity contribution >= 4 is 10.0 Å². The molecule has 0 bridgehead atoms. The molecule has 0 heterocycles. The summed E-state index contributed by atoms with van der Waals surface area (Å²) in [4.78, 5) is -0.148. The molecule has 0 radical (unpaired) electrons. The predicted molar refractivity (Wildman–Crippen MR) is 74.0 cm³/mol. The summed E-state index contributed by atoms with van der Waals surface area (Å²) in [6.45, 7) is 2.82. The fraction of sp³-hybridized carbons (Fsp3) is 0.385. The molecule has 0 saturated heterocycles. The molecule has 0 amide bonds. The summed E-state index contributed by atoms with van der Waals surface area (Å²) in [6.07, 6.45) is 0. The first kappa shape index (κ1) is 16.6. The lowest BCUT2D eigenvalue weighted by atomic mass is 10.2. The highest BCUT2D eigenvalue weighted by Crippen LogP contribution is 2.14. The van der Waals surface area contributed by atoms with Gasteiger partial charge < -0.3 is 10.5 Å². The van der Waals surface area contributed by atoms with Crippen molar-refractivity contribution in [2.24, 2.45) is 5.73 Å². The molecule has 0 aromatic heterocycles. The number of hydrogen-bond acceptors (Lipinski definition) is 4. The van der Waals surface area contributed by atoms with Gasteiger partial charge in [-0.25, -0.2) is 17.5 Å². The van der Waals surface area contributed by atoms with Crippen molar-refractivity contribution in [2.75, 3.05) is 26.3 Å². The Kier molecular flexibility index (Phi) is 6.61. The van der Waals surface area contributed by atoms with Crippen molar-refractivity contribution in [2.45, 2.75) is 11.8 Å². The SMILES string of the molecule is CCOCCNS(=O)(=O)c1ccc(C#CCN)c(F)c1. The quantitative estimate of drug-likeness (QED) is 0.590. The maximum absolute atomic E-state index is 13.7. The standard InChI is InChI=1S/C13H17FN2O3S/c1-2-19-9-8-16-20(17,18)12-6-5-11(4-3-7-15)13(14)10-12/h5-6,10,16H,2,7-9,15H2,1H3. The fourth-order valence-corrected chi connectivity index (χ4v) is 2.41. The van der Waals surface area contributed by atoms with Gasteiger partial charge >= 0.3 is 0 Å². The highest BCUT2D eigenvalue weighted by atomic mass is 32.2. The van der Waals surface area contributed by atoms with Gasteiger partial charge in [-0.15, -0.1) is 0 Å². The van der Waals surface area contributed by atoms with Crippen LogP contribution in [0.5, 0.6) is 0 Å². The van der Waals surface area contributed by atoms with Crippen LogP contribution >= 0.6 is 0 Å². The van der Waals surface area contributed by atoms with Crippen molar-refractivity contribution in [1.82, 2.24) is 4.72 Å². The maximum atomic E-state index is 13.7. The molecule has 1 aromatic rings. The van der Waals surface area contributed by atoms with E-state index in [1.165, 1.54) is 12.1 Å². The molecule has 110 valence electrons. The van der Waals surface area contributed by atoms with E-state index in [4.69, 9.17) is 10.5 Å². The Morgan fingerprint density at radius 1 is 1.45 bits per heavy atom. The minimum Gasteiger partial charge on any atom is -0.380 e. The predicted octanol–water partition coefficient (Wildman–Crippen LogP) is 0.451. The van der Waals surface area contributed by atoms with Crippen molar-refractivity contribution in [1.29, 1.82) is 0 Å². The first-order valence-corrected chi connectivity index (χ1v) is 7.55. The van der Waals surface area contributed by atoms with Crippen LogP contribution < -0.4 is 10.5 Å². The average Bonchev–Trinajstić information content (AvgIpc) is 2.42. The lowest BCUT2D eigenvalue weighted by Gasteiger charge is -2.07. The zero-order valence-electron chi connectivity index (χ0n) is 11.1. The Morgan fingerprint density at radius 3 is 2.80 bits per heavy atom. The largest absolute Gasteiger partial charge is 0.380 e. The highest BCUT2D eigenvalue weighted by Gasteiger charge is 2.15. The topological polar surface area (TPSA) is 81.4 Å². The minimum absolute atomic E-state index is 0.110.